The van der Waals surface area contributed by atoms with Crippen molar-refractivity contribution in [2.75, 3.05) is 19.6 Å². The van der Waals surface area contributed by atoms with Crippen LogP contribution in [0.5, 0.6) is 0 Å². The van der Waals surface area contributed by atoms with Gasteiger partial charge in [-0.15, -0.1) is 9.24 Å². The second kappa shape index (κ2) is 9.01. The first-order valence-corrected chi connectivity index (χ1v) is 9.93. The zero-order chi connectivity index (χ0) is 20.6. The van der Waals surface area contributed by atoms with E-state index >= 15 is 0 Å². The van der Waals surface area contributed by atoms with E-state index in [0.717, 1.165) is 0 Å². The second-order valence-corrected chi connectivity index (χ2v) is 7.75. The molecule has 3 aliphatic heterocycles. The van der Waals surface area contributed by atoms with Crippen LogP contribution in [0.1, 0.15) is 13.8 Å². The summed E-state index contributed by atoms with van der Waals surface area (Å²) in [7, 11) is 2.29. The van der Waals surface area contributed by atoms with Gasteiger partial charge in [0.1, 0.15) is 48.8 Å². The molecule has 11 nitrogen and oxygen atoms in total. The van der Waals surface area contributed by atoms with E-state index in [9.17, 15) is 25.5 Å². The summed E-state index contributed by atoms with van der Waals surface area (Å²) in [5.74, 6) is -0.984. The van der Waals surface area contributed by atoms with Crippen LogP contribution in [0.2, 0.25) is 0 Å². The number of aliphatic hydroxyl groups is 5. The SMILES string of the molecule is CC1(C)O[C@@H]2C(O)[C@H](O[C@H]3C(O)C(O)[C@@H](OCP)O[C@@H]3CO)OC(CO)[C@@H]2O1. The molecule has 5 N–H and O–H groups in total. The zero-order valence-corrected chi connectivity index (χ0v) is 16.8. The number of fused-ring (bicyclic) bond motifs is 1. The van der Waals surface area contributed by atoms with Crippen LogP contribution >= 0.6 is 9.24 Å². The van der Waals surface area contributed by atoms with Gasteiger partial charge < -0.3 is 54.0 Å². The minimum absolute atomic E-state index is 0.150. The third-order valence-corrected chi connectivity index (χ3v) is 5.20. The Morgan fingerprint density at radius 1 is 0.857 bits per heavy atom. The maximum absolute atomic E-state index is 10.7. The minimum atomic E-state index is -1.48. The fourth-order valence-electron chi connectivity index (χ4n) is 3.72. The lowest BCUT2D eigenvalue weighted by molar-refractivity contribution is -0.351. The lowest BCUT2D eigenvalue weighted by atomic mass is 9.97. The summed E-state index contributed by atoms with van der Waals surface area (Å²) in [5, 5.41) is 50.6. The highest BCUT2D eigenvalue weighted by molar-refractivity contribution is 7.16. The van der Waals surface area contributed by atoms with Crippen molar-refractivity contribution in [3.8, 4) is 0 Å². The van der Waals surface area contributed by atoms with Crippen LogP contribution in [0, 0.1) is 0 Å². The second-order valence-electron chi connectivity index (χ2n) is 7.42. The predicted octanol–water partition coefficient (Wildman–Crippen LogP) is -2.74. The molecule has 0 aromatic rings. The van der Waals surface area contributed by atoms with E-state index in [-0.39, 0.29) is 6.35 Å². The van der Waals surface area contributed by atoms with E-state index in [0.29, 0.717) is 0 Å². The highest BCUT2D eigenvalue weighted by atomic mass is 31.0. The Morgan fingerprint density at radius 2 is 1.46 bits per heavy atom. The molecule has 0 amide bonds. The smallest absolute Gasteiger partial charge is 0.187 e. The van der Waals surface area contributed by atoms with E-state index in [1.807, 2.05) is 0 Å². The minimum Gasteiger partial charge on any atom is -0.394 e. The van der Waals surface area contributed by atoms with E-state index in [4.69, 9.17) is 28.4 Å². The Balaban J connectivity index is 1.74. The first-order chi connectivity index (χ1) is 13.2. The molecule has 11 atom stereocenters. The van der Waals surface area contributed by atoms with Crippen molar-refractivity contribution >= 4 is 9.24 Å². The third-order valence-electron chi connectivity index (χ3n) is 5.01. The van der Waals surface area contributed by atoms with Crippen LogP contribution < -0.4 is 0 Å². The van der Waals surface area contributed by atoms with Gasteiger partial charge in [-0.3, -0.25) is 0 Å². The Hall–Kier alpha value is -0.0100. The number of hydrogen-bond donors (Lipinski definition) is 5. The Labute approximate surface area is 164 Å². The molecule has 3 fully saturated rings. The van der Waals surface area contributed by atoms with Gasteiger partial charge in [-0.25, -0.2) is 0 Å². The summed E-state index contributed by atoms with van der Waals surface area (Å²) in [6.07, 6.45) is -11.2. The molecular weight excluding hydrogens is 399 g/mol. The number of rotatable bonds is 6. The predicted molar refractivity (Wildman–Crippen MR) is 93.9 cm³/mol. The molecule has 164 valence electrons. The summed E-state index contributed by atoms with van der Waals surface area (Å²) >= 11 is 0. The van der Waals surface area contributed by atoms with Gasteiger partial charge in [0, 0.05) is 0 Å². The van der Waals surface area contributed by atoms with Crippen molar-refractivity contribution in [1.82, 2.24) is 0 Å². The van der Waals surface area contributed by atoms with Gasteiger partial charge in [0.05, 0.1) is 19.6 Å². The van der Waals surface area contributed by atoms with Crippen molar-refractivity contribution in [3.05, 3.63) is 0 Å². The summed E-state index contributed by atoms with van der Waals surface area (Å²) in [6, 6.07) is 0. The maximum atomic E-state index is 10.7. The molecule has 28 heavy (non-hydrogen) atoms. The van der Waals surface area contributed by atoms with E-state index in [1.165, 1.54) is 0 Å². The van der Waals surface area contributed by atoms with E-state index < -0.39 is 80.4 Å². The molecule has 3 rings (SSSR count). The molecule has 0 aromatic heterocycles. The Morgan fingerprint density at radius 3 is 2.07 bits per heavy atom. The van der Waals surface area contributed by atoms with Gasteiger partial charge >= 0.3 is 0 Å². The van der Waals surface area contributed by atoms with Crippen LogP contribution in [0.15, 0.2) is 0 Å². The monoisotopic (exact) mass is 428 g/mol. The molecule has 3 aliphatic rings. The molecule has 0 aliphatic carbocycles. The van der Waals surface area contributed by atoms with Gasteiger partial charge in [-0.1, -0.05) is 0 Å². The Bertz CT molecular complexity index is 521. The van der Waals surface area contributed by atoms with Crippen molar-refractivity contribution in [1.29, 1.82) is 0 Å². The van der Waals surface area contributed by atoms with Crippen molar-refractivity contribution in [2.45, 2.75) is 81.0 Å². The average Bonchev–Trinajstić information content (AvgIpc) is 2.99. The number of ether oxygens (including phenoxy) is 6. The van der Waals surface area contributed by atoms with Crippen LogP contribution in [0.4, 0.5) is 0 Å². The molecule has 12 heteroatoms. The highest BCUT2D eigenvalue weighted by Crippen LogP contribution is 2.38. The number of hydrogen-bond acceptors (Lipinski definition) is 11. The lowest BCUT2D eigenvalue weighted by Gasteiger charge is -2.45. The zero-order valence-electron chi connectivity index (χ0n) is 15.7. The summed E-state index contributed by atoms with van der Waals surface area (Å²) < 4.78 is 33.4. The molecule has 0 radical (unpaired) electrons. The summed E-state index contributed by atoms with van der Waals surface area (Å²) in [4.78, 5) is 0. The molecule has 5 unspecified atom stereocenters. The van der Waals surface area contributed by atoms with Crippen LogP contribution in [0.3, 0.4) is 0 Å². The van der Waals surface area contributed by atoms with Gasteiger partial charge in [0.2, 0.25) is 0 Å². The normalized spacial score (nSPS) is 48.4. The first kappa shape index (κ1) is 22.7. The van der Waals surface area contributed by atoms with Gasteiger partial charge in [0.15, 0.2) is 18.4 Å². The van der Waals surface area contributed by atoms with Crippen LogP contribution in [-0.2, 0) is 28.4 Å². The third kappa shape index (κ3) is 4.36. The Kier molecular flexibility index (Phi) is 7.29. The van der Waals surface area contributed by atoms with Crippen molar-refractivity contribution < 1.29 is 54.0 Å². The molecule has 0 spiro atoms. The van der Waals surface area contributed by atoms with Gasteiger partial charge in [-0.05, 0) is 13.8 Å². The van der Waals surface area contributed by atoms with Gasteiger partial charge in [-0.2, -0.15) is 0 Å². The van der Waals surface area contributed by atoms with Crippen molar-refractivity contribution in [3.63, 3.8) is 0 Å². The highest BCUT2D eigenvalue weighted by Gasteiger charge is 2.56. The summed E-state index contributed by atoms with van der Waals surface area (Å²) in [6.45, 7) is 2.40. The molecule has 3 saturated heterocycles. The molecule has 0 saturated carbocycles. The maximum Gasteiger partial charge on any atom is 0.187 e. The van der Waals surface area contributed by atoms with E-state index in [1.54, 1.807) is 13.8 Å². The molecule has 3 heterocycles. The molecular formula is C16H29O11P. The van der Waals surface area contributed by atoms with Crippen LogP contribution in [0.25, 0.3) is 0 Å². The number of aliphatic hydroxyl groups excluding tert-OH is 5. The average molecular weight is 428 g/mol. The summed E-state index contributed by atoms with van der Waals surface area (Å²) in [5.41, 5.74) is 0. The molecule has 0 aromatic carbocycles. The fourth-order valence-corrected chi connectivity index (χ4v) is 3.91. The largest absolute Gasteiger partial charge is 0.394 e. The van der Waals surface area contributed by atoms with Crippen LogP contribution in [-0.4, -0.2) is 112 Å². The topological polar surface area (TPSA) is 157 Å². The first-order valence-electron chi connectivity index (χ1n) is 9.12. The quantitative estimate of drug-likeness (QED) is 0.280. The van der Waals surface area contributed by atoms with Gasteiger partial charge in [0.25, 0.3) is 0 Å². The van der Waals surface area contributed by atoms with Crippen molar-refractivity contribution in [2.24, 2.45) is 0 Å². The lowest BCUT2D eigenvalue weighted by Crippen LogP contribution is -2.64. The van der Waals surface area contributed by atoms with E-state index in [2.05, 4.69) is 9.24 Å². The molecule has 0 bridgehead atoms. The fraction of sp³-hybridized carbons (Fsp3) is 1.00. The standard InChI is InChI=1S/C16H29O11P/c1-16(2)26-12-7(4-18)24-15(10(21)13(12)27-16)25-11-6(3-17)23-14(22-5-28)9(20)8(11)19/h6-15,17-21H,3-5,28H2,1-2H3/t6-,7?,8?,9?,10?,11-,12+,13-,14+,15+/m1/s1.